The van der Waals surface area contributed by atoms with E-state index in [-0.39, 0.29) is 15.1 Å². The van der Waals surface area contributed by atoms with Crippen molar-refractivity contribution in [2.75, 3.05) is 0 Å². The molecule has 0 amide bonds. The van der Waals surface area contributed by atoms with Gasteiger partial charge in [0.05, 0.1) is 12.1 Å². The summed E-state index contributed by atoms with van der Waals surface area (Å²) in [6.45, 7) is 3.17. The Bertz CT molecular complexity index is 1630. The predicted molar refractivity (Wildman–Crippen MR) is 215 cm³/mol. The maximum absolute atomic E-state index is 4.85. The Labute approximate surface area is 318 Å². The van der Waals surface area contributed by atoms with Crippen molar-refractivity contribution in [3.63, 3.8) is 0 Å². The number of imidazole rings is 1. The molecule has 0 saturated heterocycles. The molecule has 3 fully saturated rings. The molecule has 1 heterocycles. The van der Waals surface area contributed by atoms with Crippen LogP contribution < -0.4 is 0 Å². The van der Waals surface area contributed by atoms with Crippen LogP contribution in [0.1, 0.15) is 133 Å². The standard InChI is InChI=1S/C44H57N2P.2ClH.Ru/c1-35(38-22-10-4-11-23-38)45-32-33-46(36(2)39-24-12-5-13-25-39)44(45)47(41-27-14-6-15-28-41,42-29-16-7-17-30-42)43-31-19-18-26-40(43)34-37-20-8-3-9-21-37;;;/h3-5,8-13,20-25,32-36,41-43H,6-7,14-19,26-31H2,1-2H3;2*1H;/q;;;+2/p-2. The third-order valence-electron chi connectivity index (χ3n) is 12.2. The van der Waals surface area contributed by atoms with Gasteiger partial charge in [0.2, 0.25) is 0 Å². The minimum absolute atomic E-state index is 0.298. The van der Waals surface area contributed by atoms with E-state index in [1.165, 1.54) is 107 Å². The van der Waals surface area contributed by atoms with E-state index in [1.54, 1.807) is 10.8 Å². The molecule has 4 aromatic rings. The van der Waals surface area contributed by atoms with Gasteiger partial charge in [-0.25, -0.2) is 0 Å². The van der Waals surface area contributed by atoms with E-state index in [0.717, 1.165) is 11.3 Å². The second-order valence-corrected chi connectivity index (χ2v) is 21.7. The number of hydrogen-bond donors (Lipinski definition) is 0. The third kappa shape index (κ3) is 8.39. The van der Waals surface area contributed by atoms with Crippen LogP contribution in [0.2, 0.25) is 0 Å². The van der Waals surface area contributed by atoms with E-state index < -0.39 is 6.89 Å². The van der Waals surface area contributed by atoms with E-state index >= 15 is 0 Å². The monoisotopic (exact) mass is 816 g/mol. The first-order valence-electron chi connectivity index (χ1n) is 19.3. The number of benzene rings is 3. The maximum atomic E-state index is 4.85. The summed E-state index contributed by atoms with van der Waals surface area (Å²) in [6, 6.07) is 34.7. The SMILES string of the molecule is CC(c1ccccc1)n1ccn(C(C)c2ccccc2)c1=P(C1CCCCC1)(C1CCCCC1)C1CCCCC1=Cc1ccccc1.[Cl][Ru][Cl]. The number of hydrogen-bond acceptors (Lipinski definition) is 0. The molecule has 50 heavy (non-hydrogen) atoms. The topological polar surface area (TPSA) is 9.86 Å². The Morgan fingerprint density at radius 1 is 0.600 bits per heavy atom. The molecule has 0 radical (unpaired) electrons. The molecule has 1 aromatic heterocycles. The molecule has 0 N–H and O–H groups in total. The van der Waals surface area contributed by atoms with Gasteiger partial charge in [0.1, 0.15) is 5.20 Å². The Morgan fingerprint density at radius 3 is 1.48 bits per heavy atom. The van der Waals surface area contributed by atoms with Crippen molar-refractivity contribution in [2.24, 2.45) is 0 Å². The van der Waals surface area contributed by atoms with Crippen LogP contribution in [0.15, 0.2) is 109 Å². The van der Waals surface area contributed by atoms with E-state index in [1.807, 2.05) is 0 Å². The van der Waals surface area contributed by atoms with Crippen molar-refractivity contribution in [1.82, 2.24) is 9.13 Å². The Kier molecular flexibility index (Phi) is 14.3. The van der Waals surface area contributed by atoms with Gasteiger partial charge in [-0.1, -0.05) is 154 Å². The molecule has 3 aliphatic rings. The molecule has 2 nitrogen and oxygen atoms in total. The van der Waals surface area contributed by atoms with Crippen LogP contribution in [-0.2, 0) is 15.1 Å². The van der Waals surface area contributed by atoms with Crippen molar-refractivity contribution in [2.45, 2.75) is 133 Å². The molecule has 3 aromatic carbocycles. The van der Waals surface area contributed by atoms with Gasteiger partial charge < -0.3 is 9.13 Å². The van der Waals surface area contributed by atoms with Crippen LogP contribution in [-0.4, -0.2) is 26.1 Å². The van der Waals surface area contributed by atoms with Crippen LogP contribution in [0.3, 0.4) is 0 Å². The summed E-state index contributed by atoms with van der Waals surface area (Å²) in [5.41, 5.74) is 8.34. The molecule has 0 spiro atoms. The number of halogens is 2. The first kappa shape index (κ1) is 38.0. The van der Waals surface area contributed by atoms with E-state index in [2.05, 4.69) is 132 Å². The van der Waals surface area contributed by atoms with Crippen molar-refractivity contribution in [1.29, 1.82) is 0 Å². The molecule has 0 bridgehead atoms. The fourth-order valence-electron chi connectivity index (χ4n) is 9.93. The fraction of sp³-hybridized carbons (Fsp3) is 0.477. The van der Waals surface area contributed by atoms with Crippen LogP contribution in [0.5, 0.6) is 0 Å². The summed E-state index contributed by atoms with van der Waals surface area (Å²) in [5.74, 6) is 0. The number of aromatic nitrogens is 2. The Morgan fingerprint density at radius 2 is 1.02 bits per heavy atom. The van der Waals surface area contributed by atoms with Gasteiger partial charge in [0.25, 0.3) is 0 Å². The van der Waals surface area contributed by atoms with Crippen molar-refractivity contribution >= 4 is 32.3 Å². The van der Waals surface area contributed by atoms with Crippen LogP contribution >= 0.6 is 26.3 Å². The molecule has 0 aliphatic heterocycles. The van der Waals surface area contributed by atoms with Gasteiger partial charge in [-0.05, 0) is 86.8 Å². The van der Waals surface area contributed by atoms with E-state index in [4.69, 9.17) is 19.4 Å². The van der Waals surface area contributed by atoms with Crippen LogP contribution in [0.4, 0.5) is 0 Å². The normalized spacial score (nSPS) is 21.4. The number of allylic oxidation sites excluding steroid dienone is 1. The number of rotatable bonds is 8. The molecule has 3 atom stereocenters. The number of nitrogens with zero attached hydrogens (tertiary/aromatic N) is 2. The molecule has 3 aliphatic carbocycles. The van der Waals surface area contributed by atoms with Gasteiger partial charge in [0, 0.05) is 18.1 Å². The average molecular weight is 817 g/mol. The van der Waals surface area contributed by atoms with Crippen molar-refractivity contribution in [3.8, 4) is 0 Å². The summed E-state index contributed by atoms with van der Waals surface area (Å²) in [6.07, 6.45) is 27.2. The molecular weight excluding hydrogens is 759 g/mol. The average Bonchev–Trinajstić information content (AvgIpc) is 3.63. The summed E-state index contributed by atoms with van der Waals surface area (Å²) in [7, 11) is 9.71. The zero-order valence-electron chi connectivity index (χ0n) is 30.1. The van der Waals surface area contributed by atoms with Gasteiger partial charge >= 0.3 is 34.5 Å². The van der Waals surface area contributed by atoms with Gasteiger partial charge in [0.15, 0.2) is 0 Å². The van der Waals surface area contributed by atoms with Gasteiger partial charge in [-0.15, -0.1) is 0 Å². The first-order valence-corrected chi connectivity index (χ1v) is 25.8. The van der Waals surface area contributed by atoms with Gasteiger partial charge in [-0.2, -0.15) is 0 Å². The molecule has 6 heteroatoms. The van der Waals surface area contributed by atoms with Crippen LogP contribution in [0.25, 0.3) is 6.08 Å². The van der Waals surface area contributed by atoms with Crippen LogP contribution in [0, 0.1) is 5.20 Å². The Balaban J connectivity index is 0.00000139. The van der Waals surface area contributed by atoms with E-state index in [9.17, 15) is 0 Å². The first-order chi connectivity index (χ1) is 24.6. The second kappa shape index (κ2) is 18.8. The summed E-state index contributed by atoms with van der Waals surface area (Å²) >= 11 is -0.346. The third-order valence-corrected chi connectivity index (χ3v) is 18.5. The Hall–Kier alpha value is -1.76. The molecule has 270 valence electrons. The molecule has 3 saturated carbocycles. The summed E-state index contributed by atoms with van der Waals surface area (Å²) in [4.78, 5) is 0. The van der Waals surface area contributed by atoms with Gasteiger partial charge in [-0.3, -0.25) is 0 Å². The quantitative estimate of drug-likeness (QED) is 0.124. The minimum atomic E-state index is -1.79. The van der Waals surface area contributed by atoms with Crippen molar-refractivity contribution < 1.29 is 15.1 Å². The second-order valence-electron chi connectivity index (χ2n) is 14.9. The molecular formula is C44H57Cl2N2PRu. The molecule has 3 unspecified atom stereocenters. The summed E-state index contributed by atoms with van der Waals surface area (Å²) < 4.78 is 5.67. The summed E-state index contributed by atoms with van der Waals surface area (Å²) in [5, 5.41) is 1.75. The zero-order chi connectivity index (χ0) is 34.8. The predicted octanol–water partition coefficient (Wildman–Crippen LogP) is 14.1. The zero-order valence-corrected chi connectivity index (χ0v) is 34.3. The van der Waals surface area contributed by atoms with E-state index in [0.29, 0.717) is 17.7 Å². The fourth-order valence-corrected chi connectivity index (χ4v) is 17.6. The molecule has 7 rings (SSSR count). The van der Waals surface area contributed by atoms with Crippen molar-refractivity contribution in [3.05, 3.63) is 131 Å².